The molecule has 0 aliphatic rings. The van der Waals surface area contributed by atoms with Crippen LogP contribution in [0.15, 0.2) is 18.3 Å². The molecule has 1 aromatic rings. The molecule has 0 saturated heterocycles. The van der Waals surface area contributed by atoms with Crippen molar-refractivity contribution in [3.05, 3.63) is 29.6 Å². The van der Waals surface area contributed by atoms with Gasteiger partial charge in [-0.15, -0.1) is 0 Å². The van der Waals surface area contributed by atoms with Crippen LogP contribution in [0.1, 0.15) is 29.4 Å². The molecule has 0 aliphatic carbocycles. The van der Waals surface area contributed by atoms with Crippen LogP contribution in [0.5, 0.6) is 0 Å². The lowest BCUT2D eigenvalue weighted by Crippen LogP contribution is -2.02. The molecule has 0 spiro atoms. The Kier molecular flexibility index (Phi) is 3.68. The Morgan fingerprint density at radius 3 is 2.64 bits per heavy atom. The third kappa shape index (κ3) is 2.87. The molecule has 0 N–H and O–H groups in total. The van der Waals surface area contributed by atoms with E-state index in [0.29, 0.717) is 17.7 Å². The lowest BCUT2D eigenvalue weighted by molar-refractivity contribution is 0.0988. The Labute approximate surface area is 81.0 Å². The van der Waals surface area contributed by atoms with Crippen LogP contribution in [0.4, 0.5) is 8.78 Å². The van der Waals surface area contributed by atoms with E-state index in [1.807, 2.05) is 0 Å². The lowest BCUT2D eigenvalue weighted by Gasteiger charge is -2.00. The highest BCUT2D eigenvalue weighted by Crippen LogP contribution is 2.07. The molecule has 1 rings (SSSR count). The summed E-state index contributed by atoms with van der Waals surface area (Å²) in [6.45, 7) is 1.75. The third-order valence-electron chi connectivity index (χ3n) is 1.83. The highest BCUT2D eigenvalue weighted by Gasteiger charge is 2.07. The van der Waals surface area contributed by atoms with Gasteiger partial charge in [0.2, 0.25) is 6.43 Å². The van der Waals surface area contributed by atoms with Crippen molar-refractivity contribution < 1.29 is 13.6 Å². The maximum atomic E-state index is 11.9. The van der Waals surface area contributed by atoms with E-state index in [2.05, 4.69) is 4.98 Å². The number of rotatable bonds is 4. The molecular formula is C10H11F2NO. The smallest absolute Gasteiger partial charge is 0.244 e. The van der Waals surface area contributed by atoms with Crippen molar-refractivity contribution in [1.29, 1.82) is 0 Å². The van der Waals surface area contributed by atoms with Gasteiger partial charge in [-0.3, -0.25) is 9.78 Å². The quantitative estimate of drug-likeness (QED) is 0.697. The summed E-state index contributed by atoms with van der Waals surface area (Å²) in [5.41, 5.74) is 0.790. The van der Waals surface area contributed by atoms with Crippen LogP contribution in [0.25, 0.3) is 0 Å². The molecule has 0 bridgehead atoms. The maximum absolute atomic E-state index is 11.9. The highest BCUT2D eigenvalue weighted by atomic mass is 19.3. The van der Waals surface area contributed by atoms with E-state index in [0.717, 1.165) is 0 Å². The summed E-state index contributed by atoms with van der Waals surface area (Å²) in [6.07, 6.45) is -1.00. The second-order valence-electron chi connectivity index (χ2n) is 2.91. The molecule has 0 saturated carbocycles. The number of alkyl halides is 2. The van der Waals surface area contributed by atoms with Gasteiger partial charge in [0.05, 0.1) is 6.42 Å². The van der Waals surface area contributed by atoms with Crippen molar-refractivity contribution in [2.75, 3.05) is 0 Å². The first-order valence-corrected chi connectivity index (χ1v) is 4.39. The third-order valence-corrected chi connectivity index (χ3v) is 1.83. The molecule has 0 amide bonds. The van der Waals surface area contributed by atoms with Gasteiger partial charge in [-0.25, -0.2) is 8.78 Å². The zero-order valence-electron chi connectivity index (χ0n) is 7.84. The van der Waals surface area contributed by atoms with E-state index < -0.39 is 6.43 Å². The molecule has 76 valence electrons. The number of nitrogens with zero attached hydrogens (tertiary/aromatic N) is 1. The van der Waals surface area contributed by atoms with E-state index >= 15 is 0 Å². The molecule has 0 radical (unpaired) electrons. The van der Waals surface area contributed by atoms with Gasteiger partial charge in [0.25, 0.3) is 0 Å². The average Bonchev–Trinajstić information content (AvgIpc) is 2.17. The van der Waals surface area contributed by atoms with Crippen LogP contribution in [0, 0.1) is 0 Å². The van der Waals surface area contributed by atoms with E-state index in [-0.39, 0.29) is 12.2 Å². The largest absolute Gasteiger partial charge is 0.294 e. The Balaban J connectivity index is 2.73. The van der Waals surface area contributed by atoms with E-state index in [1.54, 1.807) is 6.92 Å². The number of carbonyl (C=O) groups is 1. The monoisotopic (exact) mass is 199 g/mol. The number of hydrogen-bond acceptors (Lipinski definition) is 2. The van der Waals surface area contributed by atoms with Crippen molar-refractivity contribution in [3.63, 3.8) is 0 Å². The molecule has 4 heteroatoms. The molecule has 1 aromatic heterocycles. The van der Waals surface area contributed by atoms with Crippen LogP contribution in [0.2, 0.25) is 0 Å². The molecule has 0 unspecified atom stereocenters. The average molecular weight is 199 g/mol. The molecule has 0 atom stereocenters. The number of carbonyl (C=O) groups excluding carboxylic acids is 1. The second-order valence-corrected chi connectivity index (χ2v) is 2.91. The number of pyridine rings is 1. The number of halogens is 2. The molecule has 0 aromatic carbocycles. The summed E-state index contributed by atoms with van der Waals surface area (Å²) in [5.74, 6) is -0.0268. The first kappa shape index (κ1) is 10.8. The summed E-state index contributed by atoms with van der Waals surface area (Å²) in [4.78, 5) is 14.9. The van der Waals surface area contributed by atoms with Crippen molar-refractivity contribution in [2.24, 2.45) is 0 Å². The molecule has 2 nitrogen and oxygen atoms in total. The number of ketones is 1. The van der Waals surface area contributed by atoms with E-state index in [9.17, 15) is 13.6 Å². The second kappa shape index (κ2) is 4.79. The summed E-state index contributed by atoms with van der Waals surface area (Å²) in [6, 6.07) is 3.01. The minimum atomic E-state index is -2.39. The molecular weight excluding hydrogens is 188 g/mol. The van der Waals surface area contributed by atoms with Gasteiger partial charge in [0.1, 0.15) is 0 Å². The SMILES string of the molecule is CCC(=O)c1ccc(CC(F)F)nc1. The van der Waals surface area contributed by atoms with Gasteiger partial charge in [-0.05, 0) is 12.1 Å². The Hall–Kier alpha value is -1.32. The van der Waals surface area contributed by atoms with Crippen LogP contribution >= 0.6 is 0 Å². The van der Waals surface area contributed by atoms with Crippen molar-refractivity contribution in [3.8, 4) is 0 Å². The first-order valence-electron chi connectivity index (χ1n) is 4.39. The molecule has 1 heterocycles. The fourth-order valence-electron chi connectivity index (χ4n) is 1.07. The first-order chi connectivity index (χ1) is 6.63. The predicted octanol–water partition coefficient (Wildman–Crippen LogP) is 2.48. The molecule has 14 heavy (non-hydrogen) atoms. The van der Waals surface area contributed by atoms with Gasteiger partial charge in [-0.1, -0.05) is 6.92 Å². The van der Waals surface area contributed by atoms with E-state index in [4.69, 9.17) is 0 Å². The van der Waals surface area contributed by atoms with Gasteiger partial charge in [0.15, 0.2) is 5.78 Å². The summed E-state index contributed by atoms with van der Waals surface area (Å²) in [7, 11) is 0. The lowest BCUT2D eigenvalue weighted by atomic mass is 10.1. The zero-order chi connectivity index (χ0) is 10.6. The standard InChI is InChI=1S/C10H11F2NO/c1-2-9(14)7-3-4-8(13-6-7)5-10(11)12/h3-4,6,10H,2,5H2,1H3. The van der Waals surface area contributed by atoms with Gasteiger partial charge in [-0.2, -0.15) is 0 Å². The van der Waals surface area contributed by atoms with Crippen molar-refractivity contribution in [1.82, 2.24) is 4.98 Å². The van der Waals surface area contributed by atoms with Crippen molar-refractivity contribution in [2.45, 2.75) is 26.2 Å². The van der Waals surface area contributed by atoms with Crippen LogP contribution in [0.3, 0.4) is 0 Å². The van der Waals surface area contributed by atoms with Gasteiger partial charge >= 0.3 is 0 Å². The van der Waals surface area contributed by atoms with Crippen LogP contribution in [-0.2, 0) is 6.42 Å². The maximum Gasteiger partial charge on any atom is 0.244 e. The Morgan fingerprint density at radius 2 is 2.21 bits per heavy atom. The van der Waals surface area contributed by atoms with Crippen LogP contribution in [-0.4, -0.2) is 17.2 Å². The van der Waals surface area contributed by atoms with Gasteiger partial charge < -0.3 is 0 Å². The van der Waals surface area contributed by atoms with E-state index in [1.165, 1.54) is 18.3 Å². The van der Waals surface area contributed by atoms with Gasteiger partial charge in [0, 0.05) is 23.9 Å². The normalized spacial score (nSPS) is 10.6. The topological polar surface area (TPSA) is 30.0 Å². The minimum Gasteiger partial charge on any atom is -0.294 e. The molecule has 0 aliphatic heterocycles. The number of Topliss-reactive ketones (excluding diaryl/α,β-unsaturated/α-hetero) is 1. The fourth-order valence-corrected chi connectivity index (χ4v) is 1.07. The molecule has 0 fully saturated rings. The number of aromatic nitrogens is 1. The van der Waals surface area contributed by atoms with Crippen molar-refractivity contribution >= 4 is 5.78 Å². The summed E-state index contributed by atoms with van der Waals surface area (Å²) < 4.78 is 23.9. The zero-order valence-corrected chi connectivity index (χ0v) is 7.84. The number of hydrogen-bond donors (Lipinski definition) is 0. The summed E-state index contributed by atoms with van der Waals surface area (Å²) in [5, 5.41) is 0. The highest BCUT2D eigenvalue weighted by molar-refractivity contribution is 5.95. The Morgan fingerprint density at radius 1 is 1.50 bits per heavy atom. The van der Waals surface area contributed by atoms with Crippen LogP contribution < -0.4 is 0 Å². The Bertz CT molecular complexity index is 308. The summed E-state index contributed by atoms with van der Waals surface area (Å²) >= 11 is 0. The minimum absolute atomic E-state index is 0.0268. The predicted molar refractivity (Wildman–Crippen MR) is 48.6 cm³/mol. The fraction of sp³-hybridized carbons (Fsp3) is 0.400.